The maximum Gasteiger partial charge on any atom is 0.236 e. The summed E-state index contributed by atoms with van der Waals surface area (Å²) in [6.07, 6.45) is 0.446. The molecule has 2 aromatic rings. The molecule has 1 unspecified atom stereocenters. The van der Waals surface area contributed by atoms with Crippen molar-refractivity contribution in [1.82, 2.24) is 24.7 Å². The lowest BCUT2D eigenvalue weighted by Crippen LogP contribution is -2.34. The van der Waals surface area contributed by atoms with Crippen molar-refractivity contribution in [3.05, 3.63) is 53.5 Å². The van der Waals surface area contributed by atoms with Gasteiger partial charge in [-0.2, -0.15) is 0 Å². The molecule has 3 rings (SSSR count). The van der Waals surface area contributed by atoms with Crippen LogP contribution < -0.4 is 5.32 Å². The van der Waals surface area contributed by atoms with E-state index < -0.39 is 0 Å². The summed E-state index contributed by atoms with van der Waals surface area (Å²) in [4.78, 5) is 39.2. The summed E-state index contributed by atoms with van der Waals surface area (Å²) in [5.41, 5.74) is 1.98. The van der Waals surface area contributed by atoms with E-state index in [2.05, 4.69) is 10.3 Å². The van der Waals surface area contributed by atoms with Crippen LogP contribution >= 0.6 is 0 Å². The minimum absolute atomic E-state index is 0.0282. The van der Waals surface area contributed by atoms with Crippen LogP contribution in [0.2, 0.25) is 0 Å². The average Bonchev–Trinajstić information content (AvgIpc) is 3.08. The van der Waals surface area contributed by atoms with Gasteiger partial charge < -0.3 is 15.1 Å². The molecule has 1 aromatic carbocycles. The highest BCUT2D eigenvalue weighted by atomic mass is 16.2. The van der Waals surface area contributed by atoms with E-state index in [1.165, 1.54) is 0 Å². The van der Waals surface area contributed by atoms with Crippen LogP contribution in [0.1, 0.15) is 29.4 Å². The number of nitrogens with one attached hydrogen (secondary N) is 1. The molecule has 1 N–H and O–H groups in total. The summed E-state index contributed by atoms with van der Waals surface area (Å²) in [5, 5.41) is 3.08. The first-order valence-electron chi connectivity index (χ1n) is 10.1. The lowest BCUT2D eigenvalue weighted by Gasteiger charge is -2.20. The number of likely N-dealkylation sites (tertiary alicyclic amines) is 1. The molecule has 1 aromatic heterocycles. The van der Waals surface area contributed by atoms with Crippen LogP contribution in [0, 0.1) is 0 Å². The van der Waals surface area contributed by atoms with Gasteiger partial charge in [-0.15, -0.1) is 0 Å². The molecular weight excluding hydrogens is 380 g/mol. The molecule has 160 valence electrons. The van der Waals surface area contributed by atoms with Gasteiger partial charge in [-0.1, -0.05) is 30.3 Å². The van der Waals surface area contributed by atoms with Crippen molar-refractivity contribution in [2.24, 2.45) is 0 Å². The van der Waals surface area contributed by atoms with E-state index in [1.807, 2.05) is 60.3 Å². The normalized spacial score (nSPS) is 16.2. The second-order valence-electron chi connectivity index (χ2n) is 7.97. The van der Waals surface area contributed by atoms with Crippen LogP contribution in [0.5, 0.6) is 0 Å². The van der Waals surface area contributed by atoms with Gasteiger partial charge in [0.05, 0.1) is 18.8 Å². The Balaban J connectivity index is 1.71. The third-order valence-electron chi connectivity index (χ3n) is 5.21. The van der Waals surface area contributed by atoms with Crippen LogP contribution in [0.3, 0.4) is 0 Å². The third kappa shape index (κ3) is 5.54. The number of hydrogen-bond donors (Lipinski definition) is 1. The maximum absolute atomic E-state index is 12.6. The molecule has 2 amide bonds. The Hall–Kier alpha value is -3.00. The quantitative estimate of drug-likeness (QED) is 0.711. The van der Waals surface area contributed by atoms with E-state index >= 15 is 0 Å². The molecule has 0 aliphatic carbocycles. The molecule has 0 radical (unpaired) electrons. The largest absolute Gasteiger partial charge is 0.373 e. The number of anilines is 1. The van der Waals surface area contributed by atoms with Crippen LogP contribution in [0.15, 0.2) is 36.4 Å². The fourth-order valence-electron chi connectivity index (χ4n) is 3.52. The van der Waals surface area contributed by atoms with Gasteiger partial charge in [-0.05, 0) is 12.6 Å². The minimum atomic E-state index is 0.0282. The Bertz CT molecular complexity index is 886. The van der Waals surface area contributed by atoms with E-state index in [1.54, 1.807) is 19.0 Å². The molecule has 1 fully saturated rings. The summed E-state index contributed by atoms with van der Waals surface area (Å²) in [6, 6.07) is 11.9. The van der Waals surface area contributed by atoms with Crippen LogP contribution in [-0.2, 0) is 22.7 Å². The summed E-state index contributed by atoms with van der Waals surface area (Å²) in [5.74, 6) is 1.56. The fraction of sp³-hybridized carbons (Fsp3) is 0.455. The number of carbonyl (C=O) groups excluding carboxylic acids is 2. The molecule has 1 aliphatic rings. The molecule has 8 heteroatoms. The lowest BCUT2D eigenvalue weighted by atomic mass is 10.0. The highest BCUT2D eigenvalue weighted by molar-refractivity contribution is 5.79. The van der Waals surface area contributed by atoms with Crippen molar-refractivity contribution < 1.29 is 9.59 Å². The highest BCUT2D eigenvalue weighted by Gasteiger charge is 2.32. The van der Waals surface area contributed by atoms with Crippen LogP contribution in [0.25, 0.3) is 0 Å². The standard InChI is InChI=1S/C22H30N6O2/c1-23-19-11-18(24-20(25-19)14-27(4)15-22(30)26(2)3)17-10-21(29)28(13-17)12-16-8-6-5-7-9-16/h5-9,11,17H,10,12-15H2,1-4H3,(H,23,24,25). The van der Waals surface area contributed by atoms with Gasteiger partial charge in [-0.3, -0.25) is 14.5 Å². The Morgan fingerprint density at radius 2 is 1.93 bits per heavy atom. The maximum atomic E-state index is 12.6. The van der Waals surface area contributed by atoms with Crippen molar-refractivity contribution in [3.63, 3.8) is 0 Å². The highest BCUT2D eigenvalue weighted by Crippen LogP contribution is 2.29. The summed E-state index contributed by atoms with van der Waals surface area (Å²) >= 11 is 0. The van der Waals surface area contributed by atoms with Crippen molar-refractivity contribution >= 4 is 17.6 Å². The number of benzene rings is 1. The molecular formula is C22H30N6O2. The molecule has 0 saturated carbocycles. The van der Waals surface area contributed by atoms with Crippen LogP contribution in [-0.4, -0.2) is 77.8 Å². The zero-order chi connectivity index (χ0) is 21.7. The number of rotatable bonds is 8. The molecule has 30 heavy (non-hydrogen) atoms. The van der Waals surface area contributed by atoms with Crippen molar-refractivity contribution in [2.45, 2.75) is 25.4 Å². The number of nitrogens with zero attached hydrogens (tertiary/aromatic N) is 5. The van der Waals surface area contributed by atoms with Gasteiger partial charge in [0.25, 0.3) is 0 Å². The Kier molecular flexibility index (Phi) is 6.99. The first kappa shape index (κ1) is 21.7. The molecule has 1 saturated heterocycles. The Morgan fingerprint density at radius 1 is 1.20 bits per heavy atom. The first-order valence-corrected chi connectivity index (χ1v) is 10.1. The van der Waals surface area contributed by atoms with Gasteiger partial charge >= 0.3 is 0 Å². The monoisotopic (exact) mass is 410 g/mol. The zero-order valence-electron chi connectivity index (χ0n) is 18.1. The Labute approximate surface area is 177 Å². The van der Waals surface area contributed by atoms with Gasteiger partial charge in [0.1, 0.15) is 11.6 Å². The molecule has 1 atom stereocenters. The van der Waals surface area contributed by atoms with Gasteiger partial charge in [0, 0.05) is 52.6 Å². The van der Waals surface area contributed by atoms with E-state index in [0.717, 1.165) is 17.1 Å². The average molecular weight is 411 g/mol. The van der Waals surface area contributed by atoms with E-state index in [0.29, 0.717) is 38.4 Å². The van der Waals surface area contributed by atoms with E-state index in [-0.39, 0.29) is 17.7 Å². The van der Waals surface area contributed by atoms with E-state index in [4.69, 9.17) is 4.98 Å². The van der Waals surface area contributed by atoms with E-state index in [9.17, 15) is 9.59 Å². The topological polar surface area (TPSA) is 81.7 Å². The Morgan fingerprint density at radius 3 is 2.60 bits per heavy atom. The number of hydrogen-bond acceptors (Lipinski definition) is 6. The first-order chi connectivity index (χ1) is 14.4. The van der Waals surface area contributed by atoms with Crippen LogP contribution in [0.4, 0.5) is 5.82 Å². The number of carbonyl (C=O) groups is 2. The number of aromatic nitrogens is 2. The molecule has 8 nitrogen and oxygen atoms in total. The van der Waals surface area contributed by atoms with Gasteiger partial charge in [-0.25, -0.2) is 9.97 Å². The van der Waals surface area contributed by atoms with Gasteiger partial charge in [0.2, 0.25) is 11.8 Å². The predicted molar refractivity (Wildman–Crippen MR) is 116 cm³/mol. The number of likely N-dealkylation sites (N-methyl/N-ethyl adjacent to an activating group) is 2. The smallest absolute Gasteiger partial charge is 0.236 e. The van der Waals surface area contributed by atoms with Crippen molar-refractivity contribution in [1.29, 1.82) is 0 Å². The fourth-order valence-corrected chi connectivity index (χ4v) is 3.52. The summed E-state index contributed by atoms with van der Waals surface area (Å²) in [6.45, 7) is 2.00. The molecule has 0 bridgehead atoms. The second kappa shape index (κ2) is 9.67. The van der Waals surface area contributed by atoms with Crippen molar-refractivity contribution in [2.75, 3.05) is 46.6 Å². The minimum Gasteiger partial charge on any atom is -0.373 e. The zero-order valence-corrected chi connectivity index (χ0v) is 18.1. The summed E-state index contributed by atoms with van der Waals surface area (Å²) < 4.78 is 0. The van der Waals surface area contributed by atoms with Crippen molar-refractivity contribution in [3.8, 4) is 0 Å². The van der Waals surface area contributed by atoms with Gasteiger partial charge in [0.15, 0.2) is 0 Å². The lowest BCUT2D eigenvalue weighted by molar-refractivity contribution is -0.130. The molecule has 2 heterocycles. The number of amides is 2. The summed E-state index contributed by atoms with van der Waals surface area (Å²) in [7, 11) is 7.17. The third-order valence-corrected chi connectivity index (χ3v) is 5.21. The molecule has 0 spiro atoms. The predicted octanol–water partition coefficient (Wildman–Crippen LogP) is 1.55. The SMILES string of the molecule is CNc1cc(C2CC(=O)N(Cc3ccccc3)C2)nc(CN(C)CC(=O)N(C)C)n1. The second-order valence-corrected chi connectivity index (χ2v) is 7.97. The molecule has 1 aliphatic heterocycles.